The second kappa shape index (κ2) is 4.83. The van der Waals surface area contributed by atoms with Gasteiger partial charge in [-0.1, -0.05) is 0 Å². The monoisotopic (exact) mass is 288 g/mol. The second-order valence-electron chi connectivity index (χ2n) is 7.39. The lowest BCUT2D eigenvalue weighted by Crippen LogP contribution is -2.57. The Morgan fingerprint density at radius 3 is 2.43 bits per heavy atom. The van der Waals surface area contributed by atoms with Gasteiger partial charge < -0.3 is 11.1 Å². The highest BCUT2D eigenvalue weighted by atomic mass is 16.2. The summed E-state index contributed by atoms with van der Waals surface area (Å²) < 4.78 is 1.69. The first-order valence-electron chi connectivity index (χ1n) is 8.14. The second-order valence-corrected chi connectivity index (χ2v) is 7.39. The van der Waals surface area contributed by atoms with E-state index in [4.69, 9.17) is 5.73 Å². The van der Waals surface area contributed by atoms with Gasteiger partial charge in [-0.25, -0.2) is 0 Å². The number of amides is 1. The molecule has 1 aromatic rings. The fourth-order valence-electron chi connectivity index (χ4n) is 5.17. The van der Waals surface area contributed by atoms with Gasteiger partial charge in [-0.2, -0.15) is 5.10 Å². The maximum atomic E-state index is 12.5. The van der Waals surface area contributed by atoms with Crippen LogP contribution in [-0.4, -0.2) is 21.7 Å². The molecule has 1 aromatic heterocycles. The minimum Gasteiger partial charge on any atom is -0.351 e. The molecular weight excluding hydrogens is 264 g/mol. The van der Waals surface area contributed by atoms with Gasteiger partial charge in [-0.05, 0) is 55.8 Å². The number of nitrogens with zero attached hydrogens (tertiary/aromatic N) is 2. The number of nitrogens with one attached hydrogen (secondary N) is 1. The summed E-state index contributed by atoms with van der Waals surface area (Å²) in [7, 11) is 1.84. The van der Waals surface area contributed by atoms with Gasteiger partial charge in [0.2, 0.25) is 5.91 Å². The summed E-state index contributed by atoms with van der Waals surface area (Å²) in [6.07, 6.45) is 10.2. The third-order valence-corrected chi connectivity index (χ3v) is 5.90. The van der Waals surface area contributed by atoms with E-state index in [0.717, 1.165) is 17.4 Å². The summed E-state index contributed by atoms with van der Waals surface area (Å²) in [6, 6.07) is -0.246. The van der Waals surface area contributed by atoms with Crippen molar-refractivity contribution in [2.45, 2.75) is 44.2 Å². The Balaban J connectivity index is 1.45. The molecule has 4 saturated carbocycles. The van der Waals surface area contributed by atoms with Gasteiger partial charge in [0, 0.05) is 24.8 Å². The first kappa shape index (κ1) is 13.3. The van der Waals surface area contributed by atoms with E-state index in [9.17, 15) is 4.79 Å². The third-order valence-electron chi connectivity index (χ3n) is 5.90. The average molecular weight is 288 g/mol. The molecule has 21 heavy (non-hydrogen) atoms. The molecule has 0 aliphatic heterocycles. The quantitative estimate of drug-likeness (QED) is 0.882. The number of nitrogens with two attached hydrogens (primary N) is 1. The highest BCUT2D eigenvalue weighted by Crippen LogP contribution is 2.53. The maximum Gasteiger partial charge on any atom is 0.241 e. The van der Waals surface area contributed by atoms with E-state index in [1.54, 1.807) is 10.9 Å². The van der Waals surface area contributed by atoms with E-state index >= 15 is 0 Å². The van der Waals surface area contributed by atoms with Crippen molar-refractivity contribution in [2.24, 2.45) is 36.5 Å². The van der Waals surface area contributed by atoms with Crippen molar-refractivity contribution in [2.75, 3.05) is 0 Å². The van der Waals surface area contributed by atoms with Crippen LogP contribution in [0.4, 0.5) is 0 Å². The van der Waals surface area contributed by atoms with Crippen LogP contribution < -0.4 is 11.1 Å². The molecule has 1 amide bonds. The summed E-state index contributed by atoms with van der Waals surface area (Å²) in [5, 5.41) is 7.37. The molecule has 0 saturated heterocycles. The predicted octanol–water partition coefficient (Wildman–Crippen LogP) is 1.36. The first-order valence-corrected chi connectivity index (χ1v) is 8.14. The topological polar surface area (TPSA) is 72.9 Å². The van der Waals surface area contributed by atoms with Crippen LogP contribution in [0.5, 0.6) is 0 Å². The number of hydrogen-bond acceptors (Lipinski definition) is 3. The summed E-state index contributed by atoms with van der Waals surface area (Å²) in [5.74, 6) is 3.18. The van der Waals surface area contributed by atoms with E-state index in [0.29, 0.717) is 17.9 Å². The number of carbonyl (C=O) groups is 1. The van der Waals surface area contributed by atoms with Crippen LogP contribution in [-0.2, 0) is 11.8 Å². The Kier molecular flexibility index (Phi) is 3.06. The highest BCUT2D eigenvalue weighted by molar-refractivity contribution is 5.83. The molecule has 4 aliphatic carbocycles. The minimum absolute atomic E-state index is 0.0412. The summed E-state index contributed by atoms with van der Waals surface area (Å²) in [4.78, 5) is 12.5. The van der Waals surface area contributed by atoms with E-state index < -0.39 is 6.04 Å². The number of carbonyl (C=O) groups excluding carboxylic acids is 1. The number of aromatic nitrogens is 2. The maximum absolute atomic E-state index is 12.5. The zero-order chi connectivity index (χ0) is 14.6. The van der Waals surface area contributed by atoms with Gasteiger partial charge in [0.1, 0.15) is 6.04 Å². The van der Waals surface area contributed by atoms with Crippen LogP contribution in [0.1, 0.15) is 43.7 Å². The molecule has 3 N–H and O–H groups in total. The van der Waals surface area contributed by atoms with Crippen molar-refractivity contribution < 1.29 is 4.79 Å². The number of aryl methyl sites for hydroxylation is 1. The van der Waals surface area contributed by atoms with Crippen LogP contribution in [0, 0.1) is 23.7 Å². The summed E-state index contributed by atoms with van der Waals surface area (Å²) >= 11 is 0. The van der Waals surface area contributed by atoms with Gasteiger partial charge in [0.05, 0.1) is 6.20 Å². The molecule has 5 rings (SSSR count). The molecule has 1 heterocycles. The molecule has 5 heteroatoms. The number of rotatable bonds is 3. The Bertz CT molecular complexity index is 524. The lowest BCUT2D eigenvalue weighted by atomic mass is 9.54. The lowest BCUT2D eigenvalue weighted by molar-refractivity contribution is -0.126. The van der Waals surface area contributed by atoms with Gasteiger partial charge in [0.25, 0.3) is 0 Å². The van der Waals surface area contributed by atoms with Crippen molar-refractivity contribution in [3.05, 3.63) is 18.0 Å². The van der Waals surface area contributed by atoms with Gasteiger partial charge in [-0.15, -0.1) is 0 Å². The van der Waals surface area contributed by atoms with Crippen molar-refractivity contribution >= 4 is 5.91 Å². The molecule has 0 spiro atoms. The van der Waals surface area contributed by atoms with Crippen LogP contribution >= 0.6 is 0 Å². The van der Waals surface area contributed by atoms with E-state index in [2.05, 4.69) is 10.4 Å². The van der Waals surface area contributed by atoms with Crippen LogP contribution in [0.25, 0.3) is 0 Å². The predicted molar refractivity (Wildman–Crippen MR) is 79.1 cm³/mol. The zero-order valence-electron chi connectivity index (χ0n) is 12.5. The Morgan fingerprint density at radius 2 is 1.90 bits per heavy atom. The Morgan fingerprint density at radius 1 is 1.29 bits per heavy atom. The van der Waals surface area contributed by atoms with Gasteiger partial charge >= 0.3 is 0 Å². The third kappa shape index (κ3) is 2.27. The highest BCUT2D eigenvalue weighted by Gasteiger charge is 2.48. The molecule has 4 aliphatic rings. The fraction of sp³-hybridized carbons (Fsp3) is 0.750. The summed E-state index contributed by atoms with van der Waals surface area (Å²) in [5.41, 5.74) is 6.88. The minimum atomic E-state index is -0.601. The fourth-order valence-corrected chi connectivity index (χ4v) is 5.17. The van der Waals surface area contributed by atoms with Crippen LogP contribution in [0.2, 0.25) is 0 Å². The van der Waals surface area contributed by atoms with E-state index in [1.807, 2.05) is 13.2 Å². The molecule has 4 fully saturated rings. The van der Waals surface area contributed by atoms with Crippen molar-refractivity contribution in [3.8, 4) is 0 Å². The SMILES string of the molecule is Cn1cc(C(N)C(=O)NC2C3CC4CC(C3)CC2C4)cn1. The largest absolute Gasteiger partial charge is 0.351 e. The zero-order valence-corrected chi connectivity index (χ0v) is 12.5. The van der Waals surface area contributed by atoms with Crippen molar-refractivity contribution in [3.63, 3.8) is 0 Å². The molecule has 1 atom stereocenters. The normalized spacial score (nSPS) is 38.5. The molecule has 114 valence electrons. The van der Waals surface area contributed by atoms with Gasteiger partial charge in [0.15, 0.2) is 0 Å². The molecule has 4 bridgehead atoms. The Hall–Kier alpha value is -1.36. The Labute approximate surface area is 125 Å². The molecule has 5 nitrogen and oxygen atoms in total. The van der Waals surface area contributed by atoms with Crippen molar-refractivity contribution in [1.29, 1.82) is 0 Å². The summed E-state index contributed by atoms with van der Waals surface area (Å²) in [6.45, 7) is 0. The molecule has 0 radical (unpaired) electrons. The van der Waals surface area contributed by atoms with Crippen molar-refractivity contribution in [1.82, 2.24) is 15.1 Å². The molecular formula is C16H24N4O. The van der Waals surface area contributed by atoms with Crippen LogP contribution in [0.3, 0.4) is 0 Å². The molecule has 0 aromatic carbocycles. The van der Waals surface area contributed by atoms with Gasteiger partial charge in [-0.3, -0.25) is 9.48 Å². The van der Waals surface area contributed by atoms with E-state index in [-0.39, 0.29) is 5.91 Å². The molecule has 1 unspecified atom stereocenters. The van der Waals surface area contributed by atoms with E-state index in [1.165, 1.54) is 32.1 Å². The van der Waals surface area contributed by atoms with Crippen LogP contribution in [0.15, 0.2) is 12.4 Å². The standard InChI is InChI=1S/C16H24N4O/c1-20-8-13(7-18-20)14(17)16(21)19-15-11-3-9-2-10(5-11)6-12(15)4-9/h7-12,14-15H,2-6,17H2,1H3,(H,19,21). The average Bonchev–Trinajstić information content (AvgIpc) is 2.87. The first-order chi connectivity index (χ1) is 10.1. The smallest absolute Gasteiger partial charge is 0.241 e. The lowest BCUT2D eigenvalue weighted by Gasteiger charge is -2.54. The number of hydrogen-bond donors (Lipinski definition) is 2.